The van der Waals surface area contributed by atoms with Crippen molar-refractivity contribution in [3.05, 3.63) is 29.3 Å². The number of phenolic OH excluding ortho intramolecular Hbond substituents is 1. The summed E-state index contributed by atoms with van der Waals surface area (Å²) < 4.78 is 5.00. The molecule has 1 rings (SSSR count). The van der Waals surface area contributed by atoms with Gasteiger partial charge in [0.25, 0.3) is 0 Å². The van der Waals surface area contributed by atoms with E-state index in [1.807, 2.05) is 0 Å². The number of phenols is 1. The van der Waals surface area contributed by atoms with E-state index in [0.29, 0.717) is 0 Å². The lowest BCUT2D eigenvalue weighted by molar-refractivity contribution is 0.0128. The molecule has 2 unspecified atom stereocenters. The number of aliphatic hydroxyl groups excluding tert-OH is 2. The Kier molecular flexibility index (Phi) is 5.74. The molecular weight excluding hydrogens is 288 g/mol. The Morgan fingerprint density at radius 2 is 2.05 bits per heavy atom. The van der Waals surface area contributed by atoms with Crippen LogP contribution in [0.25, 0.3) is 0 Å². The van der Waals surface area contributed by atoms with Gasteiger partial charge in [-0.3, -0.25) is 0 Å². The average Bonchev–Trinajstić information content (AvgIpc) is 2.42. The zero-order chi connectivity index (χ0) is 16.9. The van der Waals surface area contributed by atoms with Crippen molar-refractivity contribution in [2.75, 3.05) is 6.54 Å². The molecule has 7 nitrogen and oxygen atoms in total. The minimum absolute atomic E-state index is 0.0670. The standard InChI is InChI=1S/C15H20N2O5/c1-15(2,3)22-14(21)17-8-12(19)13(20)9-4-5-10(7-16)11(18)6-9/h4-6,12-13,18-20H,8H2,1-3H3,(H,17,21). The predicted molar refractivity (Wildman–Crippen MR) is 78.0 cm³/mol. The third-order valence-corrected chi connectivity index (χ3v) is 2.70. The lowest BCUT2D eigenvalue weighted by atomic mass is 10.0. The van der Waals surface area contributed by atoms with Gasteiger partial charge < -0.3 is 25.4 Å². The molecule has 120 valence electrons. The third kappa shape index (κ3) is 5.24. The Bertz CT molecular complexity index is 574. The summed E-state index contributed by atoms with van der Waals surface area (Å²) in [5.74, 6) is -0.286. The molecule has 0 heterocycles. The van der Waals surface area contributed by atoms with Gasteiger partial charge in [0.05, 0.1) is 5.56 Å². The number of benzene rings is 1. The van der Waals surface area contributed by atoms with E-state index in [-0.39, 0.29) is 23.4 Å². The summed E-state index contributed by atoms with van der Waals surface area (Å²) >= 11 is 0. The predicted octanol–water partition coefficient (Wildman–Crippen LogP) is 1.18. The molecule has 0 aliphatic rings. The highest BCUT2D eigenvalue weighted by Crippen LogP contribution is 2.24. The van der Waals surface area contributed by atoms with Crippen molar-refractivity contribution in [1.82, 2.24) is 5.32 Å². The van der Waals surface area contributed by atoms with Gasteiger partial charge in [0.15, 0.2) is 0 Å². The lowest BCUT2D eigenvalue weighted by Gasteiger charge is -2.22. The van der Waals surface area contributed by atoms with Crippen molar-refractivity contribution in [1.29, 1.82) is 5.26 Å². The normalized spacial score (nSPS) is 13.8. The number of carbonyl (C=O) groups excluding carboxylic acids is 1. The average molecular weight is 308 g/mol. The summed E-state index contributed by atoms with van der Waals surface area (Å²) in [5, 5.41) is 40.5. The fourth-order valence-electron chi connectivity index (χ4n) is 1.66. The number of nitrogens with zero attached hydrogens (tertiary/aromatic N) is 1. The van der Waals surface area contributed by atoms with Crippen molar-refractivity contribution in [2.24, 2.45) is 0 Å². The van der Waals surface area contributed by atoms with Gasteiger partial charge in [-0.2, -0.15) is 5.26 Å². The van der Waals surface area contributed by atoms with E-state index >= 15 is 0 Å². The third-order valence-electron chi connectivity index (χ3n) is 2.70. The highest BCUT2D eigenvalue weighted by Gasteiger charge is 2.22. The van der Waals surface area contributed by atoms with Gasteiger partial charge in [0.1, 0.15) is 29.6 Å². The Morgan fingerprint density at radius 1 is 1.41 bits per heavy atom. The molecular formula is C15H20N2O5. The maximum atomic E-state index is 11.5. The first-order valence-corrected chi connectivity index (χ1v) is 6.70. The van der Waals surface area contributed by atoms with Crippen LogP contribution in [0, 0.1) is 11.3 Å². The van der Waals surface area contributed by atoms with E-state index < -0.39 is 23.9 Å². The number of alkyl carbamates (subject to hydrolysis) is 1. The highest BCUT2D eigenvalue weighted by atomic mass is 16.6. The van der Waals surface area contributed by atoms with Gasteiger partial charge in [0.2, 0.25) is 0 Å². The molecule has 0 radical (unpaired) electrons. The number of nitrogens with one attached hydrogen (secondary N) is 1. The molecule has 0 fully saturated rings. The van der Waals surface area contributed by atoms with Crippen molar-refractivity contribution in [3.63, 3.8) is 0 Å². The summed E-state index contributed by atoms with van der Waals surface area (Å²) in [7, 11) is 0. The molecule has 2 atom stereocenters. The molecule has 1 amide bonds. The first-order chi connectivity index (χ1) is 10.1. The van der Waals surface area contributed by atoms with E-state index in [1.165, 1.54) is 18.2 Å². The molecule has 0 bridgehead atoms. The van der Waals surface area contributed by atoms with Gasteiger partial charge in [-0.25, -0.2) is 4.79 Å². The second-order valence-electron chi connectivity index (χ2n) is 5.78. The number of hydrogen-bond acceptors (Lipinski definition) is 6. The highest BCUT2D eigenvalue weighted by molar-refractivity contribution is 5.67. The Morgan fingerprint density at radius 3 is 2.55 bits per heavy atom. The van der Waals surface area contributed by atoms with Gasteiger partial charge in [0, 0.05) is 6.54 Å². The fourth-order valence-corrected chi connectivity index (χ4v) is 1.66. The number of aromatic hydroxyl groups is 1. The van der Waals surface area contributed by atoms with Crippen LogP contribution in [0.1, 0.15) is 38.0 Å². The number of nitriles is 1. The van der Waals surface area contributed by atoms with Crippen LogP contribution < -0.4 is 5.32 Å². The molecule has 1 aromatic carbocycles. The summed E-state index contributed by atoms with van der Waals surface area (Å²) in [4.78, 5) is 11.5. The van der Waals surface area contributed by atoms with E-state index in [9.17, 15) is 20.1 Å². The SMILES string of the molecule is CC(C)(C)OC(=O)NCC(O)C(O)c1ccc(C#N)c(O)c1. The molecule has 0 aliphatic heterocycles. The first-order valence-electron chi connectivity index (χ1n) is 6.70. The van der Waals surface area contributed by atoms with Gasteiger partial charge in [-0.15, -0.1) is 0 Å². The van der Waals surface area contributed by atoms with E-state index in [2.05, 4.69) is 5.32 Å². The van der Waals surface area contributed by atoms with Crippen LogP contribution in [0.4, 0.5) is 4.79 Å². The fraction of sp³-hybridized carbons (Fsp3) is 0.467. The van der Waals surface area contributed by atoms with Crippen molar-refractivity contribution >= 4 is 6.09 Å². The van der Waals surface area contributed by atoms with Crippen molar-refractivity contribution in [2.45, 2.75) is 38.6 Å². The number of hydrogen-bond donors (Lipinski definition) is 4. The number of rotatable bonds is 4. The second-order valence-corrected chi connectivity index (χ2v) is 5.78. The topological polar surface area (TPSA) is 123 Å². The Labute approximate surface area is 128 Å². The van der Waals surface area contributed by atoms with Gasteiger partial charge >= 0.3 is 6.09 Å². The van der Waals surface area contributed by atoms with Crippen LogP contribution in [0.5, 0.6) is 5.75 Å². The summed E-state index contributed by atoms with van der Waals surface area (Å²) in [6.45, 7) is 4.89. The number of carbonyl (C=O) groups is 1. The molecule has 0 saturated heterocycles. The van der Waals surface area contributed by atoms with E-state index in [0.717, 1.165) is 0 Å². The maximum absolute atomic E-state index is 11.5. The lowest BCUT2D eigenvalue weighted by Crippen LogP contribution is -2.38. The van der Waals surface area contributed by atoms with Crippen LogP contribution in [0.15, 0.2) is 18.2 Å². The molecule has 7 heteroatoms. The number of aliphatic hydroxyl groups is 2. The summed E-state index contributed by atoms with van der Waals surface area (Å²) in [6.07, 6.45) is -3.32. The second kappa shape index (κ2) is 7.11. The minimum atomic E-state index is -1.33. The molecule has 0 saturated carbocycles. The van der Waals surface area contributed by atoms with Crippen LogP contribution in [0.3, 0.4) is 0 Å². The molecule has 22 heavy (non-hydrogen) atoms. The monoisotopic (exact) mass is 308 g/mol. The Balaban J connectivity index is 2.62. The number of ether oxygens (including phenoxy) is 1. The molecule has 1 aromatic rings. The molecule has 0 aromatic heterocycles. The zero-order valence-electron chi connectivity index (χ0n) is 12.7. The van der Waals surface area contributed by atoms with Crippen LogP contribution in [-0.2, 0) is 4.74 Å². The van der Waals surface area contributed by atoms with Crippen LogP contribution in [-0.4, -0.2) is 39.7 Å². The summed E-state index contributed by atoms with van der Waals surface area (Å²) in [6, 6.07) is 5.73. The smallest absolute Gasteiger partial charge is 0.407 e. The van der Waals surface area contributed by atoms with Crippen LogP contribution in [0.2, 0.25) is 0 Å². The zero-order valence-corrected chi connectivity index (χ0v) is 12.7. The Hall–Kier alpha value is -2.30. The largest absolute Gasteiger partial charge is 0.507 e. The first kappa shape index (κ1) is 17.8. The maximum Gasteiger partial charge on any atom is 0.407 e. The quantitative estimate of drug-likeness (QED) is 0.662. The number of amides is 1. The molecule has 0 spiro atoms. The minimum Gasteiger partial charge on any atom is -0.507 e. The van der Waals surface area contributed by atoms with Crippen LogP contribution >= 0.6 is 0 Å². The van der Waals surface area contributed by atoms with Crippen molar-refractivity contribution in [3.8, 4) is 11.8 Å². The van der Waals surface area contributed by atoms with Gasteiger partial charge in [-0.1, -0.05) is 6.07 Å². The van der Waals surface area contributed by atoms with E-state index in [1.54, 1.807) is 26.8 Å². The van der Waals surface area contributed by atoms with E-state index in [4.69, 9.17) is 10.00 Å². The van der Waals surface area contributed by atoms with Gasteiger partial charge in [-0.05, 0) is 38.5 Å². The molecule has 4 N–H and O–H groups in total. The van der Waals surface area contributed by atoms with Crippen molar-refractivity contribution < 1.29 is 24.9 Å². The molecule has 0 aliphatic carbocycles. The summed E-state index contributed by atoms with van der Waals surface area (Å²) in [5.41, 5.74) is -0.362.